The largest absolute Gasteiger partial charge is 0.419 e. The van der Waals surface area contributed by atoms with Gasteiger partial charge in [-0.3, -0.25) is 4.79 Å². The number of pyridine rings is 1. The summed E-state index contributed by atoms with van der Waals surface area (Å²) in [4.78, 5) is 29.7. The van der Waals surface area contributed by atoms with Gasteiger partial charge in [-0.05, 0) is 69.4 Å². The van der Waals surface area contributed by atoms with Crippen molar-refractivity contribution in [1.82, 2.24) is 15.0 Å². The van der Waals surface area contributed by atoms with Crippen LogP contribution in [0.15, 0.2) is 42.6 Å². The Morgan fingerprint density at radius 2 is 1.62 bits per heavy atom. The predicted molar refractivity (Wildman–Crippen MR) is 149 cm³/mol. The average molecular weight is 554 g/mol. The third kappa shape index (κ3) is 5.68. The summed E-state index contributed by atoms with van der Waals surface area (Å²) in [6, 6.07) is 9.86. The second-order valence-corrected chi connectivity index (χ2v) is 10.9. The highest BCUT2D eigenvalue weighted by Crippen LogP contribution is 2.36. The van der Waals surface area contributed by atoms with Gasteiger partial charge in [-0.25, -0.2) is 9.97 Å². The van der Waals surface area contributed by atoms with Gasteiger partial charge in [-0.2, -0.15) is 18.2 Å². The molecule has 1 aromatic carbocycles. The zero-order chi connectivity index (χ0) is 28.5. The number of fused-ring (bicyclic) bond motifs is 1. The maximum Gasteiger partial charge on any atom is 0.419 e. The van der Waals surface area contributed by atoms with Crippen LogP contribution in [0, 0.1) is 0 Å². The maximum atomic E-state index is 13.7. The number of carbonyl (C=O) groups excluding carboxylic acids is 1. The molecule has 3 N–H and O–H groups in total. The highest BCUT2D eigenvalue weighted by molar-refractivity contribution is 5.85. The number of alkyl halides is 3. The molecule has 4 heterocycles. The second kappa shape index (κ2) is 10.9. The first kappa shape index (κ1) is 27.7. The van der Waals surface area contributed by atoms with E-state index in [0.29, 0.717) is 37.7 Å². The van der Waals surface area contributed by atoms with Crippen molar-refractivity contribution in [3.8, 4) is 0 Å². The lowest BCUT2D eigenvalue weighted by Crippen LogP contribution is -2.35. The number of halogens is 3. The number of benzene rings is 1. The second-order valence-electron chi connectivity index (χ2n) is 10.9. The first-order chi connectivity index (χ1) is 19.0. The van der Waals surface area contributed by atoms with Crippen LogP contribution >= 0.6 is 0 Å². The van der Waals surface area contributed by atoms with Crippen LogP contribution in [0.3, 0.4) is 0 Å². The summed E-state index contributed by atoms with van der Waals surface area (Å²) in [5, 5.41) is 3.43. The van der Waals surface area contributed by atoms with Gasteiger partial charge in [0.25, 0.3) is 0 Å². The van der Waals surface area contributed by atoms with E-state index in [1.807, 2.05) is 24.3 Å². The molecule has 0 spiro atoms. The smallest absolute Gasteiger partial charge is 0.369 e. The van der Waals surface area contributed by atoms with Crippen molar-refractivity contribution in [2.75, 3.05) is 41.3 Å². The van der Waals surface area contributed by atoms with Gasteiger partial charge >= 0.3 is 6.18 Å². The maximum absolute atomic E-state index is 13.7. The molecule has 40 heavy (non-hydrogen) atoms. The Morgan fingerprint density at radius 3 is 2.30 bits per heavy atom. The van der Waals surface area contributed by atoms with E-state index in [1.165, 1.54) is 18.7 Å². The van der Waals surface area contributed by atoms with Gasteiger partial charge in [0, 0.05) is 50.0 Å². The van der Waals surface area contributed by atoms with E-state index in [0.717, 1.165) is 54.5 Å². The Morgan fingerprint density at radius 1 is 0.925 bits per heavy atom. The Kier molecular flexibility index (Phi) is 7.57. The van der Waals surface area contributed by atoms with Crippen molar-refractivity contribution in [3.05, 3.63) is 65.0 Å². The normalized spacial score (nSPS) is 16.3. The molecule has 0 aliphatic carbocycles. The number of hydrogen-bond acceptors (Lipinski definition) is 7. The minimum Gasteiger partial charge on any atom is -0.369 e. The van der Waals surface area contributed by atoms with Crippen LogP contribution in [-0.4, -0.2) is 47.0 Å². The topological polar surface area (TPSA) is 100 Å². The SMILES string of the molecule is CC(C)(C(N)=O)c1ccc(Nc2nc(N3CCCCC3)nc3c2CCN(c2ncccc2C(F)(F)F)CC3)cc1. The number of piperidine rings is 1. The number of nitrogens with two attached hydrogens (primary N) is 1. The van der Waals surface area contributed by atoms with Crippen LogP contribution in [0.4, 0.5) is 36.4 Å². The van der Waals surface area contributed by atoms with E-state index in [9.17, 15) is 18.0 Å². The average Bonchev–Trinajstić information content (AvgIpc) is 3.16. The van der Waals surface area contributed by atoms with Crippen molar-refractivity contribution < 1.29 is 18.0 Å². The number of rotatable bonds is 6. The summed E-state index contributed by atoms with van der Waals surface area (Å²) in [5.74, 6) is 0.807. The van der Waals surface area contributed by atoms with E-state index in [2.05, 4.69) is 15.2 Å². The first-order valence-electron chi connectivity index (χ1n) is 13.6. The summed E-state index contributed by atoms with van der Waals surface area (Å²) in [6.45, 7) is 6.00. The fraction of sp³-hybridized carbons (Fsp3) is 0.448. The molecule has 0 saturated carbocycles. The molecule has 0 bridgehead atoms. The molecule has 212 valence electrons. The van der Waals surface area contributed by atoms with Crippen molar-refractivity contribution >= 4 is 29.2 Å². The van der Waals surface area contributed by atoms with E-state index in [1.54, 1.807) is 18.7 Å². The van der Waals surface area contributed by atoms with Crippen LogP contribution in [0.1, 0.15) is 55.5 Å². The van der Waals surface area contributed by atoms with E-state index in [4.69, 9.17) is 15.7 Å². The van der Waals surface area contributed by atoms with Gasteiger partial charge in [0.2, 0.25) is 11.9 Å². The highest BCUT2D eigenvalue weighted by Gasteiger charge is 2.36. The number of nitrogens with one attached hydrogen (secondary N) is 1. The fourth-order valence-electron chi connectivity index (χ4n) is 5.26. The summed E-state index contributed by atoms with van der Waals surface area (Å²) in [5.41, 5.74) is 7.32. The lowest BCUT2D eigenvalue weighted by molar-refractivity contribution is -0.137. The molecule has 11 heteroatoms. The molecule has 0 unspecified atom stereocenters. The van der Waals surface area contributed by atoms with E-state index >= 15 is 0 Å². The van der Waals surface area contributed by atoms with Gasteiger partial charge in [-0.15, -0.1) is 0 Å². The monoisotopic (exact) mass is 553 g/mol. The Hall–Kier alpha value is -3.89. The van der Waals surface area contributed by atoms with Gasteiger partial charge in [-0.1, -0.05) is 12.1 Å². The molecule has 1 amide bonds. The molecule has 0 atom stereocenters. The Balaban J connectivity index is 1.47. The minimum atomic E-state index is -4.49. The number of anilines is 4. The van der Waals surface area contributed by atoms with Gasteiger partial charge in [0.15, 0.2) is 0 Å². The molecular formula is C29H34F3N7O. The molecule has 1 fully saturated rings. The van der Waals surface area contributed by atoms with Crippen LogP contribution < -0.4 is 20.9 Å². The van der Waals surface area contributed by atoms with Gasteiger partial charge < -0.3 is 20.9 Å². The first-order valence-corrected chi connectivity index (χ1v) is 13.6. The highest BCUT2D eigenvalue weighted by atomic mass is 19.4. The van der Waals surface area contributed by atoms with Gasteiger partial charge in [0.1, 0.15) is 11.6 Å². The zero-order valence-electron chi connectivity index (χ0n) is 22.8. The number of nitrogens with zero attached hydrogens (tertiary/aromatic N) is 5. The number of primary amides is 1. The fourth-order valence-corrected chi connectivity index (χ4v) is 5.26. The van der Waals surface area contributed by atoms with Gasteiger partial charge in [0.05, 0.1) is 16.7 Å². The van der Waals surface area contributed by atoms with Crippen LogP contribution in [-0.2, 0) is 29.2 Å². The molecule has 1 saturated heterocycles. The van der Waals surface area contributed by atoms with Crippen molar-refractivity contribution in [3.63, 3.8) is 0 Å². The van der Waals surface area contributed by atoms with Crippen molar-refractivity contribution in [2.24, 2.45) is 5.73 Å². The summed E-state index contributed by atoms with van der Waals surface area (Å²) < 4.78 is 41.2. The lowest BCUT2D eigenvalue weighted by Gasteiger charge is -2.28. The van der Waals surface area contributed by atoms with Crippen LogP contribution in [0.5, 0.6) is 0 Å². The van der Waals surface area contributed by atoms with E-state index < -0.39 is 23.1 Å². The molecular weight excluding hydrogens is 519 g/mol. The molecule has 5 rings (SSSR count). The Bertz CT molecular complexity index is 1370. The minimum absolute atomic E-state index is 0.0609. The quantitative estimate of drug-likeness (QED) is 0.444. The third-order valence-corrected chi connectivity index (χ3v) is 7.85. The molecule has 0 radical (unpaired) electrons. The predicted octanol–water partition coefficient (Wildman–Crippen LogP) is 4.99. The number of amides is 1. The Labute approximate surface area is 231 Å². The van der Waals surface area contributed by atoms with E-state index in [-0.39, 0.29) is 5.82 Å². The molecule has 3 aromatic rings. The summed E-state index contributed by atoms with van der Waals surface area (Å²) in [6.07, 6.45) is 1.12. The summed E-state index contributed by atoms with van der Waals surface area (Å²) in [7, 11) is 0. The van der Waals surface area contributed by atoms with Crippen LogP contribution in [0.25, 0.3) is 0 Å². The molecule has 2 aliphatic rings. The van der Waals surface area contributed by atoms with Crippen molar-refractivity contribution in [2.45, 2.75) is 57.5 Å². The molecule has 2 aromatic heterocycles. The van der Waals surface area contributed by atoms with Crippen molar-refractivity contribution in [1.29, 1.82) is 0 Å². The third-order valence-electron chi connectivity index (χ3n) is 7.85. The standard InChI is InChI=1S/C29H34F3N7O/c1-28(2,26(33)40)19-8-10-20(11-9-19)35-24-21-12-17-38(25-22(29(30,31)32)7-6-14-34-25)18-13-23(21)36-27(37-24)39-15-4-3-5-16-39/h6-11,14H,3-5,12-13,15-18H2,1-2H3,(H2,33,40)(H,35,36,37). The van der Waals surface area contributed by atoms with Crippen LogP contribution in [0.2, 0.25) is 0 Å². The summed E-state index contributed by atoms with van der Waals surface area (Å²) >= 11 is 0. The number of hydrogen-bond donors (Lipinski definition) is 2. The lowest BCUT2D eigenvalue weighted by atomic mass is 9.84. The zero-order valence-corrected chi connectivity index (χ0v) is 22.8. The number of carbonyl (C=O) groups is 1. The molecule has 2 aliphatic heterocycles. The number of aromatic nitrogens is 3. The molecule has 8 nitrogen and oxygen atoms in total.